The van der Waals surface area contributed by atoms with Crippen LogP contribution in [0.1, 0.15) is 27.7 Å². The van der Waals surface area contributed by atoms with E-state index in [0.717, 1.165) is 5.56 Å². The number of benzene rings is 4. The summed E-state index contributed by atoms with van der Waals surface area (Å²) in [4.78, 5) is 29.3. The first-order valence-electron chi connectivity index (χ1n) is 13.6. The van der Waals surface area contributed by atoms with Crippen LogP contribution < -0.4 is 0 Å². The van der Waals surface area contributed by atoms with Crippen LogP contribution in [0.3, 0.4) is 0 Å². The van der Waals surface area contributed by atoms with Crippen LogP contribution in [0.15, 0.2) is 121 Å². The fourth-order valence-electron chi connectivity index (χ4n) is 5.45. The maximum atomic E-state index is 14.0. The van der Waals surface area contributed by atoms with Crippen molar-refractivity contribution in [3.05, 3.63) is 148 Å². The first-order chi connectivity index (χ1) is 20.1. The highest BCUT2D eigenvalue weighted by Gasteiger charge is 2.30. The van der Waals surface area contributed by atoms with Crippen molar-refractivity contribution in [2.45, 2.75) is 6.04 Å². The van der Waals surface area contributed by atoms with E-state index in [1.165, 1.54) is 27.9 Å². The van der Waals surface area contributed by atoms with Crippen molar-refractivity contribution in [3.63, 3.8) is 0 Å². The minimum Gasteiger partial charge on any atom is -0.335 e. The second-order valence-corrected chi connectivity index (χ2v) is 10.0. The summed E-state index contributed by atoms with van der Waals surface area (Å²) in [5, 5.41) is 16.2. The smallest absolute Gasteiger partial charge is 0.272 e. The molecule has 1 aliphatic rings. The number of amides is 1. The van der Waals surface area contributed by atoms with Crippen molar-refractivity contribution in [2.75, 3.05) is 26.2 Å². The molecule has 204 valence electrons. The molecule has 0 bridgehead atoms. The van der Waals surface area contributed by atoms with Gasteiger partial charge in [-0.25, -0.2) is 4.68 Å². The molecule has 0 atom stereocenters. The third kappa shape index (κ3) is 5.50. The minimum absolute atomic E-state index is 0.0564. The highest BCUT2D eigenvalue weighted by Crippen LogP contribution is 2.30. The normalized spacial score (nSPS) is 13.8. The summed E-state index contributed by atoms with van der Waals surface area (Å²) in [6.45, 7) is 2.51. The molecule has 1 aromatic heterocycles. The molecule has 1 fully saturated rings. The molecule has 0 aliphatic carbocycles. The standard InChI is InChI=1S/C33H29N5O3/c39-33(36-21-19-35(20-22-36)32(26-13-6-2-7-14-26)27-15-8-3-9-16-27)31-24-30(25-11-4-1-5-12-25)34-37(31)28-17-10-18-29(23-28)38(40)41/h1-18,23-24,32H,19-22H2. The van der Waals surface area contributed by atoms with Crippen LogP contribution >= 0.6 is 0 Å². The van der Waals surface area contributed by atoms with E-state index in [-0.39, 0.29) is 17.6 Å². The van der Waals surface area contributed by atoms with E-state index in [0.29, 0.717) is 43.3 Å². The number of nitro groups is 1. The number of carbonyl (C=O) groups is 1. The Morgan fingerprint density at radius 1 is 0.732 bits per heavy atom. The zero-order valence-electron chi connectivity index (χ0n) is 22.4. The van der Waals surface area contributed by atoms with Crippen LogP contribution in [0, 0.1) is 10.1 Å². The molecular formula is C33H29N5O3. The summed E-state index contributed by atoms with van der Waals surface area (Å²) in [6, 6.07) is 38.6. The molecule has 5 aromatic rings. The summed E-state index contributed by atoms with van der Waals surface area (Å²) < 4.78 is 1.53. The van der Waals surface area contributed by atoms with Crippen molar-refractivity contribution >= 4 is 11.6 Å². The maximum absolute atomic E-state index is 14.0. The molecule has 0 unspecified atom stereocenters. The van der Waals surface area contributed by atoms with E-state index in [4.69, 9.17) is 5.10 Å². The van der Waals surface area contributed by atoms with Gasteiger partial charge in [-0.2, -0.15) is 5.10 Å². The van der Waals surface area contributed by atoms with Gasteiger partial charge in [0.15, 0.2) is 0 Å². The lowest BCUT2D eigenvalue weighted by Gasteiger charge is -2.39. The van der Waals surface area contributed by atoms with E-state index in [2.05, 4.69) is 53.4 Å². The lowest BCUT2D eigenvalue weighted by atomic mass is 9.96. The van der Waals surface area contributed by atoms with Gasteiger partial charge in [-0.3, -0.25) is 19.8 Å². The van der Waals surface area contributed by atoms with Gasteiger partial charge in [-0.1, -0.05) is 97.1 Å². The van der Waals surface area contributed by atoms with E-state index in [1.807, 2.05) is 47.4 Å². The fourth-order valence-corrected chi connectivity index (χ4v) is 5.45. The van der Waals surface area contributed by atoms with Crippen LogP contribution in [0.25, 0.3) is 16.9 Å². The van der Waals surface area contributed by atoms with Gasteiger partial charge in [-0.05, 0) is 23.3 Å². The Labute approximate surface area is 238 Å². The van der Waals surface area contributed by atoms with E-state index >= 15 is 0 Å². The van der Waals surface area contributed by atoms with Crippen molar-refractivity contribution in [1.82, 2.24) is 19.6 Å². The highest BCUT2D eigenvalue weighted by atomic mass is 16.6. The van der Waals surface area contributed by atoms with Crippen LogP contribution in [0.2, 0.25) is 0 Å². The summed E-state index contributed by atoms with van der Waals surface area (Å²) in [5.74, 6) is -0.151. The number of aromatic nitrogens is 2. The molecule has 0 spiro atoms. The average Bonchev–Trinajstić information content (AvgIpc) is 3.49. The number of nitrogens with zero attached hydrogens (tertiary/aromatic N) is 5. The fraction of sp³-hybridized carbons (Fsp3) is 0.152. The van der Waals surface area contributed by atoms with Gasteiger partial charge in [0.05, 0.1) is 22.3 Å². The monoisotopic (exact) mass is 543 g/mol. The van der Waals surface area contributed by atoms with E-state index < -0.39 is 4.92 Å². The molecule has 6 rings (SSSR count). The number of hydrogen-bond donors (Lipinski definition) is 0. The Balaban J connectivity index is 1.29. The number of hydrogen-bond acceptors (Lipinski definition) is 5. The predicted molar refractivity (Wildman–Crippen MR) is 158 cm³/mol. The summed E-state index contributed by atoms with van der Waals surface area (Å²) in [5.41, 5.74) is 4.72. The van der Waals surface area contributed by atoms with Crippen molar-refractivity contribution in [2.24, 2.45) is 0 Å². The Morgan fingerprint density at radius 3 is 1.90 bits per heavy atom. The van der Waals surface area contributed by atoms with Gasteiger partial charge in [0.1, 0.15) is 5.69 Å². The van der Waals surface area contributed by atoms with E-state index in [9.17, 15) is 14.9 Å². The molecule has 1 amide bonds. The Kier molecular flexibility index (Phi) is 7.38. The first-order valence-corrected chi connectivity index (χ1v) is 13.6. The Morgan fingerprint density at radius 2 is 1.32 bits per heavy atom. The molecule has 4 aromatic carbocycles. The largest absolute Gasteiger partial charge is 0.335 e. The van der Waals surface area contributed by atoms with Crippen LogP contribution in [0.5, 0.6) is 0 Å². The zero-order valence-corrected chi connectivity index (χ0v) is 22.4. The SMILES string of the molecule is O=C(c1cc(-c2ccccc2)nn1-c1cccc([N+](=O)[O-])c1)N1CCN(C(c2ccccc2)c2ccccc2)CC1. The van der Waals surface area contributed by atoms with Gasteiger partial charge in [-0.15, -0.1) is 0 Å². The second-order valence-electron chi connectivity index (χ2n) is 10.0. The predicted octanol–water partition coefficient (Wildman–Crippen LogP) is 5.99. The molecule has 0 saturated carbocycles. The molecule has 2 heterocycles. The zero-order chi connectivity index (χ0) is 28.2. The molecule has 1 saturated heterocycles. The third-order valence-corrected chi connectivity index (χ3v) is 7.48. The van der Waals surface area contributed by atoms with Crippen molar-refractivity contribution < 1.29 is 9.72 Å². The quantitative estimate of drug-likeness (QED) is 0.186. The number of nitro benzene ring substituents is 1. The van der Waals surface area contributed by atoms with Crippen LogP contribution in [0.4, 0.5) is 5.69 Å². The first kappa shape index (κ1) is 26.2. The van der Waals surface area contributed by atoms with Gasteiger partial charge < -0.3 is 4.90 Å². The van der Waals surface area contributed by atoms with Gasteiger partial charge >= 0.3 is 0 Å². The molecule has 41 heavy (non-hydrogen) atoms. The summed E-state index contributed by atoms with van der Waals surface area (Å²) in [6.07, 6.45) is 0. The van der Waals surface area contributed by atoms with Crippen LogP contribution in [-0.2, 0) is 0 Å². The molecule has 8 nitrogen and oxygen atoms in total. The topological polar surface area (TPSA) is 84.5 Å². The minimum atomic E-state index is -0.443. The van der Waals surface area contributed by atoms with Gasteiger partial charge in [0, 0.05) is 43.9 Å². The van der Waals surface area contributed by atoms with E-state index in [1.54, 1.807) is 18.2 Å². The molecule has 0 radical (unpaired) electrons. The number of piperazine rings is 1. The molecule has 1 aliphatic heterocycles. The molecule has 0 N–H and O–H groups in total. The van der Waals surface area contributed by atoms with Gasteiger partial charge in [0.2, 0.25) is 0 Å². The van der Waals surface area contributed by atoms with Crippen LogP contribution in [-0.4, -0.2) is 56.6 Å². The maximum Gasteiger partial charge on any atom is 0.272 e. The Hall–Kier alpha value is -5.08. The summed E-state index contributed by atoms with van der Waals surface area (Å²) in [7, 11) is 0. The van der Waals surface area contributed by atoms with Crippen molar-refractivity contribution in [3.8, 4) is 16.9 Å². The van der Waals surface area contributed by atoms with Gasteiger partial charge in [0.25, 0.3) is 11.6 Å². The van der Waals surface area contributed by atoms with Crippen molar-refractivity contribution in [1.29, 1.82) is 0 Å². The molecule has 8 heteroatoms. The number of non-ortho nitro benzene ring substituents is 1. The number of carbonyl (C=O) groups excluding carboxylic acids is 1. The number of rotatable bonds is 7. The molecular weight excluding hydrogens is 514 g/mol. The highest BCUT2D eigenvalue weighted by molar-refractivity contribution is 5.94. The summed E-state index contributed by atoms with van der Waals surface area (Å²) >= 11 is 0. The second kappa shape index (κ2) is 11.6. The lowest BCUT2D eigenvalue weighted by molar-refractivity contribution is -0.384. The lowest BCUT2D eigenvalue weighted by Crippen LogP contribution is -2.50. The third-order valence-electron chi connectivity index (χ3n) is 7.48. The average molecular weight is 544 g/mol. The Bertz CT molecular complexity index is 1610.